The number of urea groups is 1. The maximum atomic E-state index is 12.0. The van der Waals surface area contributed by atoms with Gasteiger partial charge in [-0.2, -0.15) is 0 Å². The summed E-state index contributed by atoms with van der Waals surface area (Å²) >= 11 is 0. The number of carbonyl (C=O) groups excluding carboxylic acids is 2. The molecule has 0 saturated carbocycles. The van der Waals surface area contributed by atoms with Gasteiger partial charge in [-0.15, -0.1) is 0 Å². The molecule has 1 aliphatic heterocycles. The van der Waals surface area contributed by atoms with Gasteiger partial charge in [0.05, 0.1) is 19.5 Å². The van der Waals surface area contributed by atoms with Crippen LogP contribution in [-0.2, 0) is 17.8 Å². The van der Waals surface area contributed by atoms with Gasteiger partial charge in [0.2, 0.25) is 0 Å². The second-order valence-electron chi connectivity index (χ2n) is 6.50. The zero-order valence-electron chi connectivity index (χ0n) is 15.8. The van der Waals surface area contributed by atoms with E-state index in [1.54, 1.807) is 12.1 Å². The molecule has 8 nitrogen and oxygen atoms in total. The number of nitrogens with one attached hydrogen (secondary N) is 3. The number of rotatable bonds is 8. The average molecular weight is 386 g/mol. The molecule has 8 heteroatoms. The Balaban J connectivity index is 1.37. The topological polar surface area (TPSA) is 95.8 Å². The lowest BCUT2D eigenvalue weighted by atomic mass is 10.1. The largest absolute Gasteiger partial charge is 0.459 e. The molecule has 1 aromatic carbocycles. The molecule has 3 N–H and O–H groups in total. The van der Waals surface area contributed by atoms with Crippen molar-refractivity contribution < 1.29 is 18.7 Å². The molecule has 0 spiro atoms. The Hall–Kier alpha value is -2.84. The molecule has 0 radical (unpaired) electrons. The maximum absolute atomic E-state index is 12.0. The van der Waals surface area contributed by atoms with Crippen molar-refractivity contribution in [1.29, 1.82) is 0 Å². The van der Waals surface area contributed by atoms with E-state index in [4.69, 9.17) is 9.15 Å². The second-order valence-corrected chi connectivity index (χ2v) is 6.50. The Morgan fingerprint density at radius 1 is 0.929 bits per heavy atom. The summed E-state index contributed by atoms with van der Waals surface area (Å²) in [5, 5.41) is 8.28. The molecule has 3 rings (SSSR count). The summed E-state index contributed by atoms with van der Waals surface area (Å²) in [7, 11) is 0. The summed E-state index contributed by atoms with van der Waals surface area (Å²) in [5.41, 5.74) is 2.30. The van der Waals surface area contributed by atoms with E-state index in [1.807, 2.05) is 18.2 Å². The van der Waals surface area contributed by atoms with Crippen molar-refractivity contribution in [2.24, 2.45) is 0 Å². The first-order chi connectivity index (χ1) is 13.7. The van der Waals surface area contributed by atoms with E-state index in [0.717, 1.165) is 38.4 Å². The van der Waals surface area contributed by atoms with E-state index in [0.29, 0.717) is 19.6 Å². The number of furan rings is 1. The van der Waals surface area contributed by atoms with Gasteiger partial charge in [-0.25, -0.2) is 4.79 Å². The van der Waals surface area contributed by atoms with E-state index < -0.39 is 0 Å². The van der Waals surface area contributed by atoms with Crippen LogP contribution in [0.4, 0.5) is 4.79 Å². The number of morpholine rings is 1. The molecule has 1 aromatic heterocycles. The van der Waals surface area contributed by atoms with E-state index >= 15 is 0 Å². The summed E-state index contributed by atoms with van der Waals surface area (Å²) in [6.45, 7) is 5.32. The molecule has 150 valence electrons. The van der Waals surface area contributed by atoms with E-state index in [2.05, 4.69) is 26.9 Å². The lowest BCUT2D eigenvalue weighted by Crippen LogP contribution is -2.40. The SMILES string of the molecule is O=C(NCCNC(=O)c1ccco1)NCc1ccccc1CN1CCOCC1. The van der Waals surface area contributed by atoms with Crippen LogP contribution in [0.3, 0.4) is 0 Å². The van der Waals surface area contributed by atoms with Crippen molar-refractivity contribution in [3.8, 4) is 0 Å². The van der Waals surface area contributed by atoms with Gasteiger partial charge >= 0.3 is 6.03 Å². The normalized spacial score (nSPS) is 14.4. The summed E-state index contributed by atoms with van der Waals surface area (Å²) in [4.78, 5) is 26.1. The minimum absolute atomic E-state index is 0.251. The molecular formula is C20H26N4O4. The van der Waals surface area contributed by atoms with Crippen molar-refractivity contribution in [3.05, 3.63) is 59.5 Å². The number of benzene rings is 1. The second kappa shape index (κ2) is 10.5. The number of hydrogen-bond acceptors (Lipinski definition) is 5. The summed E-state index contributed by atoms with van der Waals surface area (Å²) in [5.74, 6) is -0.0504. The van der Waals surface area contributed by atoms with Crippen LogP contribution in [-0.4, -0.2) is 56.2 Å². The van der Waals surface area contributed by atoms with Crippen molar-refractivity contribution in [2.45, 2.75) is 13.1 Å². The standard InChI is InChI=1S/C20H26N4O4/c25-19(18-6-3-11-28-18)21-7-8-22-20(26)23-14-16-4-1-2-5-17(16)15-24-9-12-27-13-10-24/h1-6,11H,7-10,12-15H2,(H,21,25)(H2,22,23,26). The fourth-order valence-electron chi connectivity index (χ4n) is 2.97. The molecule has 0 atom stereocenters. The minimum atomic E-state index is -0.302. The van der Waals surface area contributed by atoms with Crippen LogP contribution in [0.5, 0.6) is 0 Å². The van der Waals surface area contributed by atoms with Gasteiger partial charge in [0.25, 0.3) is 5.91 Å². The van der Waals surface area contributed by atoms with Crippen molar-refractivity contribution in [2.75, 3.05) is 39.4 Å². The van der Waals surface area contributed by atoms with Crippen molar-refractivity contribution in [3.63, 3.8) is 0 Å². The third-order valence-electron chi connectivity index (χ3n) is 4.50. The lowest BCUT2D eigenvalue weighted by Gasteiger charge is -2.27. The first-order valence-electron chi connectivity index (χ1n) is 9.42. The van der Waals surface area contributed by atoms with Crippen LogP contribution in [0, 0.1) is 0 Å². The smallest absolute Gasteiger partial charge is 0.315 e. The fraction of sp³-hybridized carbons (Fsp3) is 0.400. The Morgan fingerprint density at radius 3 is 2.43 bits per heavy atom. The number of hydrogen-bond donors (Lipinski definition) is 3. The Morgan fingerprint density at radius 2 is 1.68 bits per heavy atom. The first kappa shape index (κ1) is 19.9. The quantitative estimate of drug-likeness (QED) is 0.595. The van der Waals surface area contributed by atoms with Gasteiger partial charge in [-0.05, 0) is 23.3 Å². The molecule has 1 saturated heterocycles. The lowest BCUT2D eigenvalue weighted by molar-refractivity contribution is 0.0341. The highest BCUT2D eigenvalue weighted by molar-refractivity contribution is 5.91. The molecule has 3 amide bonds. The number of ether oxygens (including phenoxy) is 1. The van der Waals surface area contributed by atoms with Crippen LogP contribution in [0.15, 0.2) is 47.1 Å². The number of amides is 3. The number of nitrogens with zero attached hydrogens (tertiary/aromatic N) is 1. The third kappa shape index (κ3) is 6.11. The highest BCUT2D eigenvalue weighted by atomic mass is 16.5. The minimum Gasteiger partial charge on any atom is -0.459 e. The average Bonchev–Trinajstić information content (AvgIpc) is 3.26. The van der Waals surface area contributed by atoms with E-state index in [9.17, 15) is 9.59 Å². The van der Waals surface area contributed by atoms with Crippen LogP contribution in [0.2, 0.25) is 0 Å². The zero-order valence-corrected chi connectivity index (χ0v) is 15.8. The molecule has 2 heterocycles. The van der Waals surface area contributed by atoms with Crippen LogP contribution < -0.4 is 16.0 Å². The molecule has 1 aliphatic rings. The van der Waals surface area contributed by atoms with Crippen molar-refractivity contribution >= 4 is 11.9 Å². The van der Waals surface area contributed by atoms with Gasteiger partial charge in [0, 0.05) is 39.3 Å². The van der Waals surface area contributed by atoms with Gasteiger partial charge in [-0.3, -0.25) is 9.69 Å². The van der Waals surface area contributed by atoms with Gasteiger partial charge in [-0.1, -0.05) is 24.3 Å². The maximum Gasteiger partial charge on any atom is 0.315 e. The van der Waals surface area contributed by atoms with Crippen molar-refractivity contribution in [1.82, 2.24) is 20.9 Å². The molecule has 2 aromatic rings. The zero-order chi connectivity index (χ0) is 19.6. The summed E-state index contributed by atoms with van der Waals surface area (Å²) < 4.78 is 10.4. The molecule has 0 bridgehead atoms. The fourth-order valence-corrected chi connectivity index (χ4v) is 2.97. The first-order valence-corrected chi connectivity index (χ1v) is 9.42. The highest BCUT2D eigenvalue weighted by Gasteiger charge is 2.13. The Kier molecular flexibility index (Phi) is 7.45. The summed E-state index contributed by atoms with van der Waals surface area (Å²) in [6.07, 6.45) is 1.44. The molecule has 0 aliphatic carbocycles. The number of carbonyl (C=O) groups is 2. The molecular weight excluding hydrogens is 360 g/mol. The van der Waals surface area contributed by atoms with Crippen LogP contribution in [0.25, 0.3) is 0 Å². The van der Waals surface area contributed by atoms with Gasteiger partial charge in [0.15, 0.2) is 5.76 Å². The molecule has 1 fully saturated rings. The van der Waals surface area contributed by atoms with E-state index in [1.165, 1.54) is 11.8 Å². The molecule has 28 heavy (non-hydrogen) atoms. The van der Waals surface area contributed by atoms with E-state index in [-0.39, 0.29) is 17.7 Å². The molecule has 0 unspecified atom stereocenters. The third-order valence-corrected chi connectivity index (χ3v) is 4.50. The monoisotopic (exact) mass is 386 g/mol. The van der Waals surface area contributed by atoms with Crippen LogP contribution in [0.1, 0.15) is 21.7 Å². The summed E-state index contributed by atoms with van der Waals surface area (Å²) in [6, 6.07) is 11.1. The van der Waals surface area contributed by atoms with Gasteiger partial charge < -0.3 is 25.1 Å². The predicted octanol–water partition coefficient (Wildman–Crippen LogP) is 1.34. The predicted molar refractivity (Wildman–Crippen MR) is 104 cm³/mol. The Bertz CT molecular complexity index is 757. The Labute approximate surface area is 164 Å². The van der Waals surface area contributed by atoms with Gasteiger partial charge in [0.1, 0.15) is 0 Å². The highest BCUT2D eigenvalue weighted by Crippen LogP contribution is 2.12. The van der Waals surface area contributed by atoms with Crippen LogP contribution >= 0.6 is 0 Å².